The van der Waals surface area contributed by atoms with Gasteiger partial charge in [-0.3, -0.25) is 0 Å². The molecule has 49 heavy (non-hydrogen) atoms. The first-order valence-electron chi connectivity index (χ1n) is 16.3. The average molecular weight is 643 g/mol. The average Bonchev–Trinajstić information content (AvgIpc) is 3.58. The lowest BCUT2D eigenvalue weighted by Gasteiger charge is -2.15. The molecule has 0 aliphatic heterocycles. The number of thiophene rings is 1. The third kappa shape index (κ3) is 4.51. The summed E-state index contributed by atoms with van der Waals surface area (Å²) in [7, 11) is 0. The van der Waals surface area contributed by atoms with Gasteiger partial charge in [0.15, 0.2) is 17.5 Å². The first-order valence-corrected chi connectivity index (χ1v) is 17.1. The van der Waals surface area contributed by atoms with E-state index in [0.29, 0.717) is 17.5 Å². The molecule has 228 valence electrons. The van der Waals surface area contributed by atoms with Crippen LogP contribution in [0.5, 0.6) is 0 Å². The molecule has 5 heteroatoms. The molecule has 4 nitrogen and oxygen atoms in total. The third-order valence-corrected chi connectivity index (χ3v) is 10.5. The summed E-state index contributed by atoms with van der Waals surface area (Å²) in [4.78, 5) is 20.2. The SMILES string of the molecule is c1ccc(-c2nc(-c3ccccc3)nc(-c3ccc(-c4nc5ccccc5c5c6ccccc6c6c7ccccc7sc6c45)cc3)n2)cc1. The molecule has 0 fully saturated rings. The Morgan fingerprint density at radius 2 is 0.796 bits per heavy atom. The quantitative estimate of drug-likeness (QED) is 0.179. The summed E-state index contributed by atoms with van der Waals surface area (Å²) in [5.74, 6) is 1.93. The van der Waals surface area contributed by atoms with Crippen LogP contribution in [-0.2, 0) is 0 Å². The van der Waals surface area contributed by atoms with Gasteiger partial charge < -0.3 is 0 Å². The van der Waals surface area contributed by atoms with E-state index in [0.717, 1.165) is 33.5 Å². The molecule has 0 atom stereocenters. The number of rotatable bonds is 4. The van der Waals surface area contributed by atoms with Gasteiger partial charge in [-0.15, -0.1) is 11.3 Å². The summed E-state index contributed by atoms with van der Waals surface area (Å²) >= 11 is 1.86. The van der Waals surface area contributed by atoms with Crippen LogP contribution in [0, 0.1) is 0 Å². The largest absolute Gasteiger partial charge is 0.247 e. The van der Waals surface area contributed by atoms with Crippen LogP contribution in [0.4, 0.5) is 0 Å². The Kier molecular flexibility index (Phi) is 6.32. The maximum Gasteiger partial charge on any atom is 0.164 e. The molecule has 0 saturated carbocycles. The second kappa shape index (κ2) is 11.2. The van der Waals surface area contributed by atoms with Crippen molar-refractivity contribution in [2.45, 2.75) is 0 Å². The van der Waals surface area contributed by atoms with E-state index in [1.807, 2.05) is 72.0 Å². The van der Waals surface area contributed by atoms with E-state index in [1.54, 1.807) is 0 Å². The van der Waals surface area contributed by atoms with Crippen LogP contribution in [0.2, 0.25) is 0 Å². The molecule has 0 spiro atoms. The lowest BCUT2D eigenvalue weighted by molar-refractivity contribution is 1.07. The Hall–Kier alpha value is -6.30. The molecule has 7 aromatic carbocycles. The summed E-state index contributed by atoms with van der Waals surface area (Å²) in [5, 5.41) is 8.71. The summed E-state index contributed by atoms with van der Waals surface area (Å²) < 4.78 is 2.55. The number of hydrogen-bond acceptors (Lipinski definition) is 5. The Bertz CT molecular complexity index is 2800. The fraction of sp³-hybridized carbons (Fsp3) is 0. The van der Waals surface area contributed by atoms with Gasteiger partial charge in [-0.05, 0) is 22.9 Å². The molecule has 3 heterocycles. The minimum atomic E-state index is 0.633. The minimum absolute atomic E-state index is 0.633. The fourth-order valence-electron chi connectivity index (χ4n) is 7.04. The molecule has 10 aromatic rings. The van der Waals surface area contributed by atoms with E-state index < -0.39 is 0 Å². The smallest absolute Gasteiger partial charge is 0.164 e. The van der Waals surface area contributed by atoms with Crippen molar-refractivity contribution in [2.24, 2.45) is 0 Å². The van der Waals surface area contributed by atoms with Crippen molar-refractivity contribution in [3.63, 3.8) is 0 Å². The summed E-state index contributed by atoms with van der Waals surface area (Å²) in [6.07, 6.45) is 0. The Labute approximate surface area is 286 Å². The summed E-state index contributed by atoms with van der Waals surface area (Å²) in [6, 6.07) is 54.8. The molecular weight excluding hydrogens is 617 g/mol. The van der Waals surface area contributed by atoms with E-state index in [-0.39, 0.29) is 0 Å². The molecule has 3 aromatic heterocycles. The van der Waals surface area contributed by atoms with Gasteiger partial charge >= 0.3 is 0 Å². The molecule has 0 radical (unpaired) electrons. The van der Waals surface area contributed by atoms with Crippen LogP contribution >= 0.6 is 11.3 Å². The lowest BCUT2D eigenvalue weighted by Crippen LogP contribution is -2.00. The highest BCUT2D eigenvalue weighted by atomic mass is 32.1. The molecule has 0 saturated heterocycles. The van der Waals surface area contributed by atoms with Crippen molar-refractivity contribution in [2.75, 3.05) is 0 Å². The predicted molar refractivity (Wildman–Crippen MR) is 205 cm³/mol. The highest BCUT2D eigenvalue weighted by Crippen LogP contribution is 2.48. The van der Waals surface area contributed by atoms with E-state index >= 15 is 0 Å². The number of hydrogen-bond donors (Lipinski definition) is 0. The number of para-hydroxylation sites is 1. The van der Waals surface area contributed by atoms with E-state index in [2.05, 4.69) is 97.1 Å². The van der Waals surface area contributed by atoms with Gasteiger partial charge in [-0.25, -0.2) is 19.9 Å². The van der Waals surface area contributed by atoms with Crippen LogP contribution in [-0.4, -0.2) is 19.9 Å². The lowest BCUT2D eigenvalue weighted by atomic mass is 9.92. The zero-order chi connectivity index (χ0) is 32.3. The second-order valence-corrected chi connectivity index (χ2v) is 13.2. The number of fused-ring (bicyclic) bond motifs is 10. The van der Waals surface area contributed by atoms with Crippen LogP contribution in [0.3, 0.4) is 0 Å². The molecule has 0 N–H and O–H groups in total. The van der Waals surface area contributed by atoms with Crippen LogP contribution < -0.4 is 0 Å². The monoisotopic (exact) mass is 642 g/mol. The zero-order valence-electron chi connectivity index (χ0n) is 26.2. The second-order valence-electron chi connectivity index (χ2n) is 12.2. The highest BCUT2D eigenvalue weighted by molar-refractivity contribution is 7.27. The van der Waals surface area contributed by atoms with Crippen molar-refractivity contribution in [3.8, 4) is 45.4 Å². The van der Waals surface area contributed by atoms with Gasteiger partial charge in [-0.2, -0.15) is 0 Å². The molecule has 0 bridgehead atoms. The van der Waals surface area contributed by atoms with Gasteiger partial charge in [-0.1, -0.05) is 146 Å². The van der Waals surface area contributed by atoms with Gasteiger partial charge in [0.1, 0.15) is 0 Å². The van der Waals surface area contributed by atoms with E-state index in [4.69, 9.17) is 19.9 Å². The summed E-state index contributed by atoms with van der Waals surface area (Å²) in [6.45, 7) is 0. The number of aromatic nitrogens is 4. The normalized spacial score (nSPS) is 11.7. The number of pyridine rings is 1. The molecule has 0 aliphatic carbocycles. The topological polar surface area (TPSA) is 51.6 Å². The van der Waals surface area contributed by atoms with Crippen LogP contribution in [0.15, 0.2) is 158 Å². The first-order chi connectivity index (χ1) is 24.3. The Balaban J connectivity index is 1.22. The number of benzene rings is 7. The molecule has 10 rings (SSSR count). The van der Waals surface area contributed by atoms with Crippen molar-refractivity contribution >= 4 is 64.0 Å². The van der Waals surface area contributed by atoms with Crippen LogP contribution in [0.25, 0.3) is 98.0 Å². The fourth-order valence-corrected chi connectivity index (χ4v) is 8.31. The molecule has 0 unspecified atom stereocenters. The van der Waals surface area contributed by atoms with Crippen LogP contribution in [0.1, 0.15) is 0 Å². The molecular formula is C44H26N4S. The van der Waals surface area contributed by atoms with Gasteiger partial charge in [0.25, 0.3) is 0 Å². The minimum Gasteiger partial charge on any atom is -0.247 e. The van der Waals surface area contributed by atoms with Gasteiger partial charge in [0.05, 0.1) is 11.2 Å². The van der Waals surface area contributed by atoms with Crippen molar-refractivity contribution in [1.82, 2.24) is 19.9 Å². The molecule has 0 amide bonds. The standard InChI is InChI=1S/C44H26N4S/c1-3-13-28(14-4-1)42-46-43(29-15-5-2-6-16-29)48-44(47-42)30-25-23-27(24-26-30)40-39-37(33-19-9-11-21-35(33)45-40)31-17-7-8-18-32(31)38-34-20-10-12-22-36(34)49-41(38)39/h1-26H. The van der Waals surface area contributed by atoms with E-state index in [9.17, 15) is 0 Å². The maximum absolute atomic E-state index is 5.38. The number of nitrogens with zero attached hydrogens (tertiary/aromatic N) is 4. The third-order valence-electron chi connectivity index (χ3n) is 9.30. The molecule has 0 aliphatic rings. The van der Waals surface area contributed by atoms with E-state index in [1.165, 1.54) is 47.1 Å². The maximum atomic E-state index is 5.38. The van der Waals surface area contributed by atoms with Crippen molar-refractivity contribution in [3.05, 3.63) is 158 Å². The Morgan fingerprint density at radius 3 is 1.43 bits per heavy atom. The first kappa shape index (κ1) is 27.8. The highest BCUT2D eigenvalue weighted by Gasteiger charge is 2.21. The summed E-state index contributed by atoms with van der Waals surface area (Å²) in [5.41, 5.74) is 5.83. The zero-order valence-corrected chi connectivity index (χ0v) is 27.0. The Morgan fingerprint density at radius 1 is 0.327 bits per heavy atom. The van der Waals surface area contributed by atoms with Crippen molar-refractivity contribution in [1.29, 1.82) is 0 Å². The predicted octanol–water partition coefficient (Wildman–Crippen LogP) is 11.8. The van der Waals surface area contributed by atoms with Gasteiger partial charge in [0, 0.05) is 58.6 Å². The van der Waals surface area contributed by atoms with Crippen molar-refractivity contribution < 1.29 is 0 Å². The van der Waals surface area contributed by atoms with Gasteiger partial charge in [0.2, 0.25) is 0 Å².